The van der Waals surface area contributed by atoms with Crippen LogP contribution in [0.1, 0.15) is 0 Å². The van der Waals surface area contributed by atoms with Gasteiger partial charge < -0.3 is 19.5 Å². The molecule has 1 aliphatic rings. The zero-order chi connectivity index (χ0) is 26.3. The number of nitrogens with one attached hydrogen (secondary N) is 1. The van der Waals surface area contributed by atoms with Gasteiger partial charge >= 0.3 is 5.69 Å². The van der Waals surface area contributed by atoms with Crippen LogP contribution < -0.4 is 20.9 Å². The van der Waals surface area contributed by atoms with Gasteiger partial charge in [0.05, 0.1) is 21.2 Å². The number of halogens is 2. The van der Waals surface area contributed by atoms with Crippen LogP contribution >= 0.6 is 23.2 Å². The Balaban J connectivity index is 1.20. The molecular weight excluding hydrogens is 519 g/mol. The summed E-state index contributed by atoms with van der Waals surface area (Å²) in [6, 6.07) is 8.94. The zero-order valence-electron chi connectivity index (χ0n) is 20.2. The number of amides is 1. The molecule has 4 heterocycles. The van der Waals surface area contributed by atoms with E-state index in [0.29, 0.717) is 58.7 Å². The van der Waals surface area contributed by atoms with Crippen LogP contribution in [0.4, 0.5) is 5.69 Å². The monoisotopic (exact) mass is 542 g/mol. The van der Waals surface area contributed by atoms with Crippen molar-refractivity contribution in [3.05, 3.63) is 73.6 Å². The molecule has 1 aliphatic heterocycles. The molecule has 0 spiro atoms. The number of H-pyrrole nitrogens is 1. The highest BCUT2D eigenvalue weighted by Crippen LogP contribution is 2.33. The number of fused-ring (bicyclic) bond motifs is 1. The van der Waals surface area contributed by atoms with Crippen molar-refractivity contribution in [1.82, 2.24) is 24.0 Å². The average Bonchev–Trinajstić information content (AvgIpc) is 3.36. The molecule has 1 aromatic carbocycles. The average molecular weight is 543 g/mol. The second kappa shape index (κ2) is 9.95. The van der Waals surface area contributed by atoms with Gasteiger partial charge in [-0.05, 0) is 35.9 Å². The van der Waals surface area contributed by atoms with Crippen LogP contribution in [-0.4, -0.2) is 62.7 Å². The molecule has 0 radical (unpaired) electrons. The van der Waals surface area contributed by atoms with Gasteiger partial charge in [0.15, 0.2) is 6.61 Å². The number of rotatable bonds is 5. The SMILES string of the molecule is Cn1c(=O)c2[nH]c(-c3ccc(OCC(=O)N4CCN(c5c(Cl)cncc5Cl)CC4)cc3)cc2n(C)c1=O. The number of hydrogen-bond donors (Lipinski definition) is 1. The highest BCUT2D eigenvalue weighted by atomic mass is 35.5. The summed E-state index contributed by atoms with van der Waals surface area (Å²) in [5.41, 5.74) is 2.37. The number of nitrogens with zero attached hydrogens (tertiary/aromatic N) is 5. The fourth-order valence-corrected chi connectivity index (χ4v) is 5.07. The first-order valence-electron chi connectivity index (χ1n) is 11.6. The number of carbonyl (C=O) groups excluding carboxylic acids is 1. The first-order chi connectivity index (χ1) is 17.7. The van der Waals surface area contributed by atoms with E-state index in [2.05, 4.69) is 9.97 Å². The van der Waals surface area contributed by atoms with Crippen molar-refractivity contribution in [2.24, 2.45) is 14.1 Å². The third kappa shape index (κ3) is 4.70. The summed E-state index contributed by atoms with van der Waals surface area (Å²) < 4.78 is 8.23. The van der Waals surface area contributed by atoms with E-state index >= 15 is 0 Å². The van der Waals surface area contributed by atoms with Gasteiger partial charge in [0.2, 0.25) is 0 Å². The number of piperazine rings is 1. The normalized spacial score (nSPS) is 13.8. The van der Waals surface area contributed by atoms with Crippen LogP contribution in [0.25, 0.3) is 22.3 Å². The van der Waals surface area contributed by atoms with Crippen molar-refractivity contribution < 1.29 is 9.53 Å². The quantitative estimate of drug-likeness (QED) is 0.415. The third-order valence-corrected chi connectivity index (χ3v) is 7.11. The first-order valence-corrected chi connectivity index (χ1v) is 12.3. The van der Waals surface area contributed by atoms with Gasteiger partial charge in [-0.25, -0.2) is 4.79 Å². The van der Waals surface area contributed by atoms with Gasteiger partial charge in [-0.15, -0.1) is 0 Å². The molecule has 4 aromatic rings. The lowest BCUT2D eigenvalue weighted by Crippen LogP contribution is -2.50. The Morgan fingerprint density at radius 1 is 1.00 bits per heavy atom. The lowest BCUT2D eigenvalue weighted by atomic mass is 10.1. The van der Waals surface area contributed by atoms with Gasteiger partial charge in [-0.1, -0.05) is 23.2 Å². The number of pyridine rings is 1. The molecule has 3 aromatic heterocycles. The Morgan fingerprint density at radius 3 is 2.30 bits per heavy atom. The number of carbonyl (C=O) groups is 1. The Hall–Kier alpha value is -3.76. The van der Waals surface area contributed by atoms with Crippen LogP contribution in [0.5, 0.6) is 5.75 Å². The predicted octanol–water partition coefficient (Wildman–Crippen LogP) is 2.66. The molecule has 1 saturated heterocycles. The molecule has 1 amide bonds. The topological polar surface area (TPSA) is 105 Å². The molecule has 5 rings (SSSR count). The minimum Gasteiger partial charge on any atom is -0.484 e. The van der Waals surface area contributed by atoms with E-state index in [1.807, 2.05) is 17.0 Å². The van der Waals surface area contributed by atoms with Crippen molar-refractivity contribution in [3.63, 3.8) is 0 Å². The van der Waals surface area contributed by atoms with Crippen LogP contribution in [0.2, 0.25) is 10.0 Å². The molecule has 12 heteroatoms. The first kappa shape index (κ1) is 24.9. The summed E-state index contributed by atoms with van der Waals surface area (Å²) in [6.07, 6.45) is 3.11. The summed E-state index contributed by atoms with van der Waals surface area (Å²) in [4.78, 5) is 48.2. The van der Waals surface area contributed by atoms with E-state index in [1.54, 1.807) is 42.5 Å². The Bertz CT molecular complexity index is 1580. The van der Waals surface area contributed by atoms with E-state index in [4.69, 9.17) is 27.9 Å². The molecular formula is C25H24Cl2N6O4. The predicted molar refractivity (Wildman–Crippen MR) is 143 cm³/mol. The zero-order valence-corrected chi connectivity index (χ0v) is 21.7. The second-order valence-corrected chi connectivity index (χ2v) is 9.60. The number of aryl methyl sites for hydroxylation is 1. The molecule has 0 unspecified atom stereocenters. The van der Waals surface area contributed by atoms with E-state index in [0.717, 1.165) is 15.8 Å². The Kier molecular flexibility index (Phi) is 6.70. The Labute approximate surface area is 221 Å². The molecule has 10 nitrogen and oxygen atoms in total. The molecule has 0 atom stereocenters. The van der Waals surface area contributed by atoms with E-state index in [1.165, 1.54) is 11.6 Å². The van der Waals surface area contributed by atoms with Crippen molar-refractivity contribution in [3.8, 4) is 17.0 Å². The van der Waals surface area contributed by atoms with Crippen molar-refractivity contribution in [2.45, 2.75) is 0 Å². The molecule has 1 fully saturated rings. The minimum absolute atomic E-state index is 0.0827. The number of ether oxygens (including phenoxy) is 1. The lowest BCUT2D eigenvalue weighted by Gasteiger charge is -2.36. The third-order valence-electron chi connectivity index (χ3n) is 6.56. The standard InChI is InChI=1S/C25H24Cl2N6O4/c1-30-20-11-19(29-22(20)24(35)31(2)25(30)36)15-3-5-16(6-4-15)37-14-21(34)32-7-9-33(10-8-32)23-17(26)12-28-13-18(23)27/h3-6,11-13,29H,7-10,14H2,1-2H3. The second-order valence-electron chi connectivity index (χ2n) is 8.78. The van der Waals surface area contributed by atoms with Crippen LogP contribution in [0.15, 0.2) is 52.3 Å². The number of benzene rings is 1. The summed E-state index contributed by atoms with van der Waals surface area (Å²) in [5, 5.41) is 0.969. The lowest BCUT2D eigenvalue weighted by molar-refractivity contribution is -0.133. The van der Waals surface area contributed by atoms with Gasteiger partial charge in [-0.3, -0.25) is 23.7 Å². The van der Waals surface area contributed by atoms with Gasteiger partial charge in [0, 0.05) is 58.4 Å². The summed E-state index contributed by atoms with van der Waals surface area (Å²) in [7, 11) is 3.07. The number of aromatic amines is 1. The molecule has 0 saturated carbocycles. The largest absolute Gasteiger partial charge is 0.484 e. The van der Waals surface area contributed by atoms with Gasteiger partial charge in [0.1, 0.15) is 11.3 Å². The Morgan fingerprint density at radius 2 is 1.65 bits per heavy atom. The van der Waals surface area contributed by atoms with Crippen molar-refractivity contribution >= 4 is 45.8 Å². The van der Waals surface area contributed by atoms with E-state index in [-0.39, 0.29) is 23.8 Å². The fraction of sp³-hybridized carbons (Fsp3) is 0.280. The fourth-order valence-electron chi connectivity index (χ4n) is 4.46. The molecule has 0 bridgehead atoms. The van der Waals surface area contributed by atoms with E-state index < -0.39 is 0 Å². The number of anilines is 1. The number of aromatic nitrogens is 4. The van der Waals surface area contributed by atoms with E-state index in [9.17, 15) is 14.4 Å². The van der Waals surface area contributed by atoms with Gasteiger partial charge in [-0.2, -0.15) is 0 Å². The van der Waals surface area contributed by atoms with Crippen LogP contribution in [0.3, 0.4) is 0 Å². The number of hydrogen-bond acceptors (Lipinski definition) is 6. The summed E-state index contributed by atoms with van der Waals surface area (Å²) >= 11 is 12.5. The molecule has 0 aliphatic carbocycles. The molecule has 37 heavy (non-hydrogen) atoms. The maximum Gasteiger partial charge on any atom is 0.331 e. The maximum absolute atomic E-state index is 12.7. The molecule has 1 N–H and O–H groups in total. The summed E-state index contributed by atoms with van der Waals surface area (Å²) in [5.74, 6) is 0.438. The maximum atomic E-state index is 12.7. The van der Waals surface area contributed by atoms with Crippen LogP contribution in [0, 0.1) is 0 Å². The summed E-state index contributed by atoms with van der Waals surface area (Å²) in [6.45, 7) is 2.17. The highest BCUT2D eigenvalue weighted by Gasteiger charge is 2.24. The van der Waals surface area contributed by atoms with Crippen LogP contribution in [-0.2, 0) is 18.9 Å². The highest BCUT2D eigenvalue weighted by molar-refractivity contribution is 6.38. The van der Waals surface area contributed by atoms with Gasteiger partial charge in [0.25, 0.3) is 11.5 Å². The molecule has 192 valence electrons. The van der Waals surface area contributed by atoms with Crippen molar-refractivity contribution in [1.29, 1.82) is 0 Å². The van der Waals surface area contributed by atoms with Crippen molar-refractivity contribution in [2.75, 3.05) is 37.7 Å². The minimum atomic E-state index is -0.386. The smallest absolute Gasteiger partial charge is 0.331 e.